The van der Waals surface area contributed by atoms with Crippen LogP contribution in [-0.4, -0.2) is 11.2 Å². The Morgan fingerprint density at radius 2 is 2.08 bits per heavy atom. The van der Waals surface area contributed by atoms with E-state index in [0.717, 1.165) is 0 Å². The summed E-state index contributed by atoms with van der Waals surface area (Å²) < 4.78 is 0. The molecule has 0 heterocycles. The fraction of sp³-hybridized carbons (Fsp3) is 0. The van der Waals surface area contributed by atoms with E-state index in [2.05, 4.69) is 17.0 Å². The molecule has 1 rings (SSSR count). The molecular weight excluding hydrogens is 154 g/mol. The van der Waals surface area contributed by atoms with Crippen LogP contribution in [0.2, 0.25) is 0 Å². The molecular formula is C9H5NO2. The zero-order valence-corrected chi connectivity index (χ0v) is 6.11. The number of benzene rings is 1. The van der Waals surface area contributed by atoms with Gasteiger partial charge < -0.3 is 5.11 Å². The van der Waals surface area contributed by atoms with Gasteiger partial charge in [0.25, 0.3) is 0 Å². The number of aromatic hydroxyl groups is 1. The summed E-state index contributed by atoms with van der Waals surface area (Å²) in [6, 6.07) is 8.73. The van der Waals surface area contributed by atoms with Crippen molar-refractivity contribution < 1.29 is 9.90 Å². The van der Waals surface area contributed by atoms with Crippen molar-refractivity contribution >= 4 is 6.08 Å². The Morgan fingerprint density at radius 3 is 2.75 bits per heavy atom. The normalized spacial score (nSPS) is 7.67. The van der Waals surface area contributed by atoms with Gasteiger partial charge in [-0.05, 0) is 18.1 Å². The number of hydrogen-bond donors (Lipinski definition) is 1. The zero-order valence-electron chi connectivity index (χ0n) is 6.11. The van der Waals surface area contributed by atoms with Gasteiger partial charge in [0.1, 0.15) is 5.75 Å². The standard InChI is InChI=1S/C9H5NO2/c11-7-10-6-5-8-3-1-2-4-9(8)12/h1-4,12H. The van der Waals surface area contributed by atoms with E-state index in [9.17, 15) is 4.79 Å². The first-order valence-electron chi connectivity index (χ1n) is 3.20. The number of hydrogen-bond acceptors (Lipinski definition) is 3. The summed E-state index contributed by atoms with van der Waals surface area (Å²) in [5, 5.41) is 9.17. The predicted octanol–water partition coefficient (Wildman–Crippen LogP) is 1.04. The van der Waals surface area contributed by atoms with Gasteiger partial charge in [0.15, 0.2) is 0 Å². The van der Waals surface area contributed by atoms with Crippen molar-refractivity contribution in [2.45, 2.75) is 0 Å². The van der Waals surface area contributed by atoms with Crippen LogP contribution in [0, 0.1) is 12.0 Å². The van der Waals surface area contributed by atoms with Gasteiger partial charge in [-0.15, -0.1) is 4.99 Å². The van der Waals surface area contributed by atoms with Crippen LogP contribution in [0.15, 0.2) is 29.3 Å². The quantitative estimate of drug-likeness (QED) is 0.349. The monoisotopic (exact) mass is 159 g/mol. The number of rotatable bonds is 0. The average molecular weight is 159 g/mol. The van der Waals surface area contributed by atoms with E-state index in [1.807, 2.05) is 0 Å². The highest BCUT2D eigenvalue weighted by molar-refractivity contribution is 5.46. The lowest BCUT2D eigenvalue weighted by atomic mass is 10.2. The molecule has 1 N–H and O–H groups in total. The lowest BCUT2D eigenvalue weighted by Crippen LogP contribution is -1.73. The van der Waals surface area contributed by atoms with Crippen molar-refractivity contribution in [3.63, 3.8) is 0 Å². The summed E-state index contributed by atoms with van der Waals surface area (Å²) in [6.45, 7) is 0. The number of phenols is 1. The molecule has 0 bridgehead atoms. The Labute approximate surface area is 69.4 Å². The molecule has 0 atom stereocenters. The first-order valence-corrected chi connectivity index (χ1v) is 3.20. The molecule has 0 aliphatic heterocycles. The number of nitrogens with zero attached hydrogens (tertiary/aromatic N) is 1. The van der Waals surface area contributed by atoms with E-state index in [1.165, 1.54) is 12.1 Å². The van der Waals surface area contributed by atoms with E-state index < -0.39 is 0 Å². The second-order valence-corrected chi connectivity index (χ2v) is 1.96. The Morgan fingerprint density at radius 1 is 1.33 bits per heavy atom. The maximum atomic E-state index is 9.62. The highest BCUT2D eigenvalue weighted by atomic mass is 16.3. The SMILES string of the molecule is O=C=NC#Cc1ccccc1O. The molecule has 0 aliphatic carbocycles. The Hall–Kier alpha value is -2.04. The molecule has 1 aromatic rings. The van der Waals surface area contributed by atoms with E-state index in [4.69, 9.17) is 5.11 Å². The number of para-hydroxylation sites is 1. The van der Waals surface area contributed by atoms with Crippen LogP contribution in [0.3, 0.4) is 0 Å². The fourth-order valence-electron chi connectivity index (χ4n) is 0.690. The van der Waals surface area contributed by atoms with E-state index >= 15 is 0 Å². The van der Waals surface area contributed by atoms with Crippen LogP contribution >= 0.6 is 0 Å². The molecule has 3 heteroatoms. The minimum absolute atomic E-state index is 0.0751. The van der Waals surface area contributed by atoms with Crippen molar-refractivity contribution in [1.82, 2.24) is 0 Å². The molecule has 0 unspecified atom stereocenters. The second kappa shape index (κ2) is 3.97. The van der Waals surface area contributed by atoms with Crippen molar-refractivity contribution in [2.24, 2.45) is 4.99 Å². The summed E-state index contributed by atoms with van der Waals surface area (Å²) >= 11 is 0. The van der Waals surface area contributed by atoms with Crippen molar-refractivity contribution in [3.8, 4) is 17.7 Å². The summed E-state index contributed by atoms with van der Waals surface area (Å²) in [4.78, 5) is 12.7. The summed E-state index contributed by atoms with van der Waals surface area (Å²) in [6.07, 6.45) is 1.28. The van der Waals surface area contributed by atoms with Gasteiger partial charge in [-0.1, -0.05) is 12.1 Å². The molecule has 12 heavy (non-hydrogen) atoms. The van der Waals surface area contributed by atoms with Gasteiger partial charge in [-0.3, -0.25) is 0 Å². The molecule has 0 radical (unpaired) electrons. The van der Waals surface area contributed by atoms with E-state index in [1.54, 1.807) is 18.2 Å². The van der Waals surface area contributed by atoms with Gasteiger partial charge in [-0.2, -0.15) is 0 Å². The van der Waals surface area contributed by atoms with Crippen LogP contribution < -0.4 is 0 Å². The highest BCUT2D eigenvalue weighted by Crippen LogP contribution is 2.13. The molecule has 58 valence electrons. The summed E-state index contributed by atoms with van der Waals surface area (Å²) in [5.41, 5.74) is 0.441. The maximum absolute atomic E-state index is 9.62. The Bertz CT molecular complexity index is 381. The lowest BCUT2D eigenvalue weighted by molar-refractivity contribution is 0.473. The van der Waals surface area contributed by atoms with Crippen molar-refractivity contribution in [3.05, 3.63) is 29.8 Å². The van der Waals surface area contributed by atoms with Crippen molar-refractivity contribution in [2.75, 3.05) is 0 Å². The molecule has 0 fully saturated rings. The largest absolute Gasteiger partial charge is 0.507 e. The molecule has 1 aromatic carbocycles. The smallest absolute Gasteiger partial charge is 0.249 e. The highest BCUT2D eigenvalue weighted by Gasteiger charge is 1.92. The topological polar surface area (TPSA) is 49.7 Å². The minimum Gasteiger partial charge on any atom is -0.507 e. The molecule has 0 amide bonds. The van der Waals surface area contributed by atoms with Crippen molar-refractivity contribution in [1.29, 1.82) is 0 Å². The molecule has 3 nitrogen and oxygen atoms in total. The third-order valence-corrected chi connectivity index (χ3v) is 1.20. The average Bonchev–Trinajstić information content (AvgIpc) is 2.09. The first-order chi connectivity index (χ1) is 5.84. The van der Waals surface area contributed by atoms with Crippen LogP contribution in [0.1, 0.15) is 5.56 Å². The molecule has 0 aliphatic rings. The maximum Gasteiger partial charge on any atom is 0.249 e. The zero-order chi connectivity index (χ0) is 8.81. The second-order valence-electron chi connectivity index (χ2n) is 1.96. The Balaban J connectivity index is 2.99. The van der Waals surface area contributed by atoms with E-state index in [0.29, 0.717) is 5.56 Å². The van der Waals surface area contributed by atoms with Crippen LogP contribution in [0.5, 0.6) is 5.75 Å². The van der Waals surface area contributed by atoms with Crippen LogP contribution in [0.4, 0.5) is 0 Å². The number of aliphatic imine (C=N–C) groups is 1. The van der Waals surface area contributed by atoms with Crippen LogP contribution in [0.25, 0.3) is 0 Å². The fourth-order valence-corrected chi connectivity index (χ4v) is 0.690. The van der Waals surface area contributed by atoms with Gasteiger partial charge in [-0.25, -0.2) is 4.79 Å². The van der Waals surface area contributed by atoms with Gasteiger partial charge >= 0.3 is 0 Å². The molecule has 0 spiro atoms. The third-order valence-electron chi connectivity index (χ3n) is 1.20. The molecule has 0 saturated carbocycles. The first kappa shape index (κ1) is 8.06. The number of isocyanates is 1. The Kier molecular flexibility index (Phi) is 2.67. The van der Waals surface area contributed by atoms with E-state index in [-0.39, 0.29) is 5.75 Å². The number of carbonyl (C=O) groups excluding carboxylic acids is 1. The van der Waals surface area contributed by atoms with Gasteiger partial charge in [0, 0.05) is 0 Å². The lowest BCUT2D eigenvalue weighted by Gasteiger charge is -1.91. The van der Waals surface area contributed by atoms with Gasteiger partial charge in [0.05, 0.1) is 11.6 Å². The summed E-state index contributed by atoms with van der Waals surface area (Å²) in [5.74, 6) is 2.56. The number of phenolic OH excluding ortho intramolecular Hbond substituents is 1. The molecule has 0 aromatic heterocycles. The van der Waals surface area contributed by atoms with Gasteiger partial charge in [0.2, 0.25) is 6.08 Å². The third kappa shape index (κ3) is 1.98. The minimum atomic E-state index is 0.0751. The molecule has 0 saturated heterocycles. The summed E-state index contributed by atoms with van der Waals surface area (Å²) in [7, 11) is 0. The van der Waals surface area contributed by atoms with Crippen LogP contribution in [-0.2, 0) is 4.79 Å². The predicted molar refractivity (Wildman–Crippen MR) is 43.1 cm³/mol.